The van der Waals surface area contributed by atoms with Gasteiger partial charge in [0.1, 0.15) is 5.82 Å². The second kappa shape index (κ2) is 5.77. The molecule has 6 heteroatoms. The standard InChI is InChI=1S/C13H21FN2O2S/c1-13(2,3)7-8-15-10-5-6-11(14)12(9-10)16-19(4,17)18/h5-6,9,15-16H,7-8H2,1-4H3. The van der Waals surface area contributed by atoms with Crippen LogP contribution >= 0.6 is 0 Å². The Morgan fingerprint density at radius 1 is 1.26 bits per heavy atom. The normalized spacial score (nSPS) is 12.3. The molecule has 0 bridgehead atoms. The maximum absolute atomic E-state index is 13.5. The number of anilines is 2. The van der Waals surface area contributed by atoms with E-state index in [1.165, 1.54) is 12.1 Å². The zero-order valence-electron chi connectivity index (χ0n) is 11.7. The largest absolute Gasteiger partial charge is 0.385 e. The van der Waals surface area contributed by atoms with Crippen LogP contribution in [0.4, 0.5) is 15.8 Å². The molecule has 1 aromatic rings. The molecule has 108 valence electrons. The van der Waals surface area contributed by atoms with E-state index in [1.807, 2.05) is 0 Å². The van der Waals surface area contributed by atoms with Crippen molar-refractivity contribution in [3.63, 3.8) is 0 Å². The smallest absolute Gasteiger partial charge is 0.229 e. The number of hydrogen-bond acceptors (Lipinski definition) is 3. The van der Waals surface area contributed by atoms with Gasteiger partial charge in [-0.15, -0.1) is 0 Å². The van der Waals surface area contributed by atoms with Gasteiger partial charge in [-0.1, -0.05) is 20.8 Å². The van der Waals surface area contributed by atoms with Gasteiger partial charge in [-0.3, -0.25) is 4.72 Å². The molecule has 4 nitrogen and oxygen atoms in total. The molecular formula is C13H21FN2O2S. The van der Waals surface area contributed by atoms with Gasteiger partial charge < -0.3 is 5.32 Å². The lowest BCUT2D eigenvalue weighted by Crippen LogP contribution is -2.14. The van der Waals surface area contributed by atoms with Gasteiger partial charge in [0.2, 0.25) is 10.0 Å². The molecule has 0 fully saturated rings. The van der Waals surface area contributed by atoms with Gasteiger partial charge in [-0.05, 0) is 30.0 Å². The third-order valence-electron chi connectivity index (χ3n) is 2.47. The third kappa shape index (κ3) is 6.42. The second-order valence-corrected chi connectivity index (χ2v) is 7.55. The quantitative estimate of drug-likeness (QED) is 0.875. The minimum absolute atomic E-state index is 0.0386. The first-order valence-corrected chi connectivity index (χ1v) is 7.97. The molecule has 0 heterocycles. The number of nitrogens with one attached hydrogen (secondary N) is 2. The van der Waals surface area contributed by atoms with E-state index in [9.17, 15) is 12.8 Å². The van der Waals surface area contributed by atoms with E-state index >= 15 is 0 Å². The minimum Gasteiger partial charge on any atom is -0.385 e. The lowest BCUT2D eigenvalue weighted by atomic mass is 9.92. The van der Waals surface area contributed by atoms with Gasteiger partial charge in [0.15, 0.2) is 0 Å². The van der Waals surface area contributed by atoms with Gasteiger partial charge in [0.05, 0.1) is 11.9 Å². The van der Waals surface area contributed by atoms with Crippen LogP contribution in [-0.2, 0) is 10.0 Å². The van der Waals surface area contributed by atoms with Crippen molar-refractivity contribution in [1.82, 2.24) is 0 Å². The Bertz CT molecular complexity index is 536. The van der Waals surface area contributed by atoms with Crippen molar-refractivity contribution >= 4 is 21.4 Å². The highest BCUT2D eigenvalue weighted by atomic mass is 32.2. The van der Waals surface area contributed by atoms with Crippen LogP contribution in [0.5, 0.6) is 0 Å². The first-order valence-electron chi connectivity index (χ1n) is 6.08. The fraction of sp³-hybridized carbons (Fsp3) is 0.538. The van der Waals surface area contributed by atoms with E-state index in [4.69, 9.17) is 0 Å². The lowest BCUT2D eigenvalue weighted by Gasteiger charge is -2.18. The highest BCUT2D eigenvalue weighted by Gasteiger charge is 2.11. The van der Waals surface area contributed by atoms with Crippen molar-refractivity contribution in [2.75, 3.05) is 22.8 Å². The predicted molar refractivity (Wildman–Crippen MR) is 77.4 cm³/mol. The summed E-state index contributed by atoms with van der Waals surface area (Å²) in [6.07, 6.45) is 1.95. The van der Waals surface area contributed by atoms with Crippen LogP contribution in [0.15, 0.2) is 18.2 Å². The van der Waals surface area contributed by atoms with E-state index in [1.54, 1.807) is 6.07 Å². The summed E-state index contributed by atoms with van der Waals surface area (Å²) < 4.78 is 37.8. The van der Waals surface area contributed by atoms with Crippen LogP contribution in [0.25, 0.3) is 0 Å². The van der Waals surface area contributed by atoms with Gasteiger partial charge in [0, 0.05) is 12.2 Å². The first-order chi connectivity index (χ1) is 8.57. The summed E-state index contributed by atoms with van der Waals surface area (Å²) >= 11 is 0. The van der Waals surface area contributed by atoms with E-state index in [0.717, 1.165) is 19.2 Å². The summed E-state index contributed by atoms with van der Waals surface area (Å²) in [5.41, 5.74) is 0.862. The fourth-order valence-corrected chi connectivity index (χ4v) is 2.05. The Balaban J connectivity index is 2.74. The molecule has 0 aliphatic heterocycles. The van der Waals surface area contributed by atoms with Gasteiger partial charge in [0.25, 0.3) is 0 Å². The highest BCUT2D eigenvalue weighted by Crippen LogP contribution is 2.22. The first kappa shape index (κ1) is 15.8. The predicted octanol–water partition coefficient (Wildman–Crippen LogP) is 3.05. The molecule has 19 heavy (non-hydrogen) atoms. The summed E-state index contributed by atoms with van der Waals surface area (Å²) in [6, 6.07) is 4.29. The molecule has 0 atom stereocenters. The summed E-state index contributed by atoms with van der Waals surface area (Å²) in [5.74, 6) is -0.591. The molecule has 1 rings (SSSR count). The molecule has 0 amide bonds. The SMILES string of the molecule is CC(C)(C)CCNc1ccc(F)c(NS(C)(=O)=O)c1. The Labute approximate surface area is 114 Å². The van der Waals surface area contributed by atoms with E-state index < -0.39 is 15.8 Å². The van der Waals surface area contributed by atoms with E-state index in [2.05, 4.69) is 30.8 Å². The van der Waals surface area contributed by atoms with Crippen LogP contribution in [0.2, 0.25) is 0 Å². The highest BCUT2D eigenvalue weighted by molar-refractivity contribution is 7.92. The molecule has 0 saturated heterocycles. The van der Waals surface area contributed by atoms with Crippen LogP contribution in [0.1, 0.15) is 27.2 Å². The van der Waals surface area contributed by atoms with Crippen LogP contribution in [-0.4, -0.2) is 21.2 Å². The van der Waals surface area contributed by atoms with Crippen molar-refractivity contribution in [3.05, 3.63) is 24.0 Å². The number of rotatable bonds is 5. The van der Waals surface area contributed by atoms with Gasteiger partial charge in [-0.2, -0.15) is 0 Å². The average molecular weight is 288 g/mol. The van der Waals surface area contributed by atoms with E-state index in [0.29, 0.717) is 5.69 Å². The molecular weight excluding hydrogens is 267 g/mol. The summed E-state index contributed by atoms with van der Waals surface area (Å²) in [4.78, 5) is 0. The van der Waals surface area contributed by atoms with Gasteiger partial charge in [-0.25, -0.2) is 12.8 Å². The summed E-state index contributed by atoms with van der Waals surface area (Å²) in [6.45, 7) is 7.15. The maximum atomic E-state index is 13.5. The number of sulfonamides is 1. The molecule has 0 unspecified atom stereocenters. The molecule has 0 aliphatic rings. The zero-order valence-corrected chi connectivity index (χ0v) is 12.6. The Hall–Kier alpha value is -1.30. The van der Waals surface area contributed by atoms with Crippen LogP contribution in [0.3, 0.4) is 0 Å². The topological polar surface area (TPSA) is 58.2 Å². The summed E-state index contributed by atoms with van der Waals surface area (Å²) in [7, 11) is -3.48. The molecule has 1 aromatic carbocycles. The minimum atomic E-state index is -3.48. The van der Waals surface area contributed by atoms with E-state index in [-0.39, 0.29) is 11.1 Å². The Morgan fingerprint density at radius 2 is 1.89 bits per heavy atom. The Kier molecular flexibility index (Phi) is 4.79. The van der Waals surface area contributed by atoms with Crippen molar-refractivity contribution in [2.24, 2.45) is 5.41 Å². The third-order valence-corrected chi connectivity index (χ3v) is 3.06. The van der Waals surface area contributed by atoms with Crippen LogP contribution < -0.4 is 10.0 Å². The maximum Gasteiger partial charge on any atom is 0.229 e. The number of halogens is 1. The molecule has 0 aromatic heterocycles. The monoisotopic (exact) mass is 288 g/mol. The zero-order chi connectivity index (χ0) is 14.7. The lowest BCUT2D eigenvalue weighted by molar-refractivity contribution is 0.390. The molecule has 0 saturated carbocycles. The fourth-order valence-electron chi connectivity index (χ4n) is 1.50. The van der Waals surface area contributed by atoms with Crippen molar-refractivity contribution < 1.29 is 12.8 Å². The van der Waals surface area contributed by atoms with Crippen molar-refractivity contribution in [1.29, 1.82) is 0 Å². The number of hydrogen-bond donors (Lipinski definition) is 2. The van der Waals surface area contributed by atoms with Crippen LogP contribution in [0, 0.1) is 11.2 Å². The molecule has 0 aliphatic carbocycles. The molecule has 0 radical (unpaired) electrons. The van der Waals surface area contributed by atoms with Crippen molar-refractivity contribution in [2.45, 2.75) is 27.2 Å². The second-order valence-electron chi connectivity index (χ2n) is 5.81. The molecule has 2 N–H and O–H groups in total. The number of benzene rings is 1. The summed E-state index contributed by atoms with van der Waals surface area (Å²) in [5, 5.41) is 3.15. The van der Waals surface area contributed by atoms with Crippen molar-refractivity contribution in [3.8, 4) is 0 Å². The average Bonchev–Trinajstić information content (AvgIpc) is 2.19. The van der Waals surface area contributed by atoms with Gasteiger partial charge >= 0.3 is 0 Å². The molecule has 0 spiro atoms. The Morgan fingerprint density at radius 3 is 2.42 bits per heavy atom.